The van der Waals surface area contributed by atoms with Crippen LogP contribution in [-0.4, -0.2) is 47.9 Å². The van der Waals surface area contributed by atoms with Crippen LogP contribution in [0.15, 0.2) is 54.7 Å². The summed E-state index contributed by atoms with van der Waals surface area (Å²) in [6.45, 7) is 2.10. The number of carbonyl (C=O) groups excluding carboxylic acids is 1. The van der Waals surface area contributed by atoms with E-state index in [1.54, 1.807) is 6.20 Å². The molecule has 0 bridgehead atoms. The lowest BCUT2D eigenvalue weighted by Crippen LogP contribution is -2.42. The summed E-state index contributed by atoms with van der Waals surface area (Å²) >= 11 is 1.49. The average Bonchev–Trinajstić information content (AvgIpc) is 3.46. The van der Waals surface area contributed by atoms with Crippen LogP contribution in [0.2, 0.25) is 0 Å². The van der Waals surface area contributed by atoms with Gasteiger partial charge in [0.1, 0.15) is 12.6 Å². The highest BCUT2D eigenvalue weighted by Crippen LogP contribution is 2.44. The highest BCUT2D eigenvalue weighted by atomic mass is 32.1. The summed E-state index contributed by atoms with van der Waals surface area (Å²) < 4.78 is 5.52. The Balaban J connectivity index is 1.21. The number of amides is 1. The number of alkyl carbamates (subject to hydrolysis) is 1. The second-order valence-electron chi connectivity index (χ2n) is 8.72. The Bertz CT molecular complexity index is 1140. The molecule has 2 N–H and O–H groups in total. The molecular formula is C26H27N3O4S. The van der Waals surface area contributed by atoms with Crippen molar-refractivity contribution >= 4 is 28.5 Å². The summed E-state index contributed by atoms with van der Waals surface area (Å²) in [6.07, 6.45) is 4.69. The molecule has 176 valence electrons. The maximum atomic E-state index is 12.6. The first kappa shape index (κ1) is 22.4. The number of carboxylic acids is 1. The maximum absolute atomic E-state index is 12.6. The van der Waals surface area contributed by atoms with Gasteiger partial charge in [0.25, 0.3) is 0 Å². The van der Waals surface area contributed by atoms with Crippen LogP contribution in [0.3, 0.4) is 0 Å². The molecule has 1 saturated heterocycles. The third kappa shape index (κ3) is 4.63. The van der Waals surface area contributed by atoms with Gasteiger partial charge in [-0.2, -0.15) is 0 Å². The predicted molar refractivity (Wildman–Crippen MR) is 132 cm³/mol. The second-order valence-corrected chi connectivity index (χ2v) is 9.82. The van der Waals surface area contributed by atoms with Crippen molar-refractivity contribution in [2.75, 3.05) is 24.6 Å². The van der Waals surface area contributed by atoms with Crippen molar-refractivity contribution in [3.63, 3.8) is 0 Å². The molecule has 2 aliphatic rings. The smallest absolute Gasteiger partial charge is 0.407 e. The molecule has 1 aliphatic carbocycles. The van der Waals surface area contributed by atoms with E-state index in [2.05, 4.69) is 27.3 Å². The van der Waals surface area contributed by atoms with E-state index in [0.29, 0.717) is 0 Å². The number of carboxylic acid groups (broad SMARTS) is 1. The summed E-state index contributed by atoms with van der Waals surface area (Å²) in [6, 6.07) is 15.1. The predicted octanol–water partition coefficient (Wildman–Crippen LogP) is 4.67. The molecule has 7 nitrogen and oxygen atoms in total. The summed E-state index contributed by atoms with van der Waals surface area (Å²) in [4.78, 5) is 31.9. The van der Waals surface area contributed by atoms with Gasteiger partial charge in [-0.3, -0.25) is 0 Å². The maximum Gasteiger partial charge on any atom is 0.407 e. The number of hydrogen-bond donors (Lipinski definition) is 2. The van der Waals surface area contributed by atoms with Crippen LogP contribution in [0.1, 0.15) is 41.2 Å². The standard InChI is InChI=1S/C26H27N3O4S/c30-24(31)23(14-17-15-27-25(34-17)29-12-6-1-7-13-29)28-26(32)33-16-22-20-10-4-2-8-18(20)19-9-3-5-11-21(19)22/h2-5,8-11,15,22-23H,1,6-7,12-14,16H2,(H,28,32)(H,30,31). The number of hydrogen-bond acceptors (Lipinski definition) is 6. The monoisotopic (exact) mass is 477 g/mol. The molecule has 0 saturated carbocycles. The Morgan fingerprint density at radius 1 is 1.06 bits per heavy atom. The molecule has 2 aromatic carbocycles. The first-order valence-electron chi connectivity index (χ1n) is 11.6. The lowest BCUT2D eigenvalue weighted by atomic mass is 9.98. The molecule has 1 unspecified atom stereocenters. The Hall–Kier alpha value is -3.39. The number of benzene rings is 2. The van der Waals surface area contributed by atoms with Crippen molar-refractivity contribution in [3.05, 3.63) is 70.7 Å². The quantitative estimate of drug-likeness (QED) is 0.514. The molecule has 0 radical (unpaired) electrons. The molecule has 8 heteroatoms. The largest absolute Gasteiger partial charge is 0.480 e. The first-order chi connectivity index (χ1) is 16.6. The Morgan fingerprint density at radius 2 is 1.71 bits per heavy atom. The zero-order valence-corrected chi connectivity index (χ0v) is 19.6. The van der Waals surface area contributed by atoms with Crippen molar-refractivity contribution in [1.29, 1.82) is 0 Å². The first-order valence-corrected chi connectivity index (χ1v) is 12.5. The van der Waals surface area contributed by atoms with E-state index in [-0.39, 0.29) is 18.9 Å². The number of nitrogens with one attached hydrogen (secondary N) is 1. The number of fused-ring (bicyclic) bond motifs is 3. The molecule has 0 spiro atoms. The van der Waals surface area contributed by atoms with E-state index in [1.807, 2.05) is 36.4 Å². The van der Waals surface area contributed by atoms with Gasteiger partial charge >= 0.3 is 12.1 Å². The molecule has 1 aliphatic heterocycles. The number of thiazole rings is 1. The van der Waals surface area contributed by atoms with E-state index in [4.69, 9.17) is 4.74 Å². The summed E-state index contributed by atoms with van der Waals surface area (Å²) in [7, 11) is 0. The van der Waals surface area contributed by atoms with E-state index in [0.717, 1.165) is 58.2 Å². The fraction of sp³-hybridized carbons (Fsp3) is 0.346. The van der Waals surface area contributed by atoms with Crippen molar-refractivity contribution in [3.8, 4) is 11.1 Å². The van der Waals surface area contributed by atoms with Gasteiger partial charge < -0.3 is 20.1 Å². The number of carbonyl (C=O) groups is 2. The number of ether oxygens (including phenoxy) is 1. The minimum atomic E-state index is -1.10. The SMILES string of the molecule is O=C(NC(Cc1cnc(N2CCCCC2)s1)C(=O)O)OCC1c2ccccc2-c2ccccc21. The van der Waals surface area contributed by atoms with Crippen LogP contribution < -0.4 is 10.2 Å². The zero-order chi connectivity index (χ0) is 23.5. The van der Waals surface area contributed by atoms with E-state index < -0.39 is 18.1 Å². The third-order valence-electron chi connectivity index (χ3n) is 6.51. The van der Waals surface area contributed by atoms with E-state index in [9.17, 15) is 14.7 Å². The molecular weight excluding hydrogens is 450 g/mol. The van der Waals surface area contributed by atoms with Gasteiger partial charge in [-0.15, -0.1) is 11.3 Å². The van der Waals surface area contributed by atoms with Crippen molar-refractivity contribution < 1.29 is 19.4 Å². The van der Waals surface area contributed by atoms with Crippen LogP contribution in [-0.2, 0) is 16.0 Å². The van der Waals surface area contributed by atoms with Crippen molar-refractivity contribution in [2.45, 2.75) is 37.6 Å². The third-order valence-corrected chi connectivity index (χ3v) is 7.59. The van der Waals surface area contributed by atoms with Gasteiger partial charge in [0.05, 0.1) is 0 Å². The lowest BCUT2D eigenvalue weighted by molar-refractivity contribution is -0.139. The molecule has 5 rings (SSSR count). The van der Waals surface area contributed by atoms with Crippen LogP contribution in [0.25, 0.3) is 11.1 Å². The average molecular weight is 478 g/mol. The van der Waals surface area contributed by atoms with Crippen LogP contribution in [0.5, 0.6) is 0 Å². The van der Waals surface area contributed by atoms with Gasteiger partial charge in [-0.05, 0) is 41.5 Å². The summed E-state index contributed by atoms with van der Waals surface area (Å²) in [5.74, 6) is -1.17. The van der Waals surface area contributed by atoms with E-state index in [1.165, 1.54) is 17.8 Å². The van der Waals surface area contributed by atoms with Gasteiger partial charge in [-0.1, -0.05) is 48.5 Å². The van der Waals surface area contributed by atoms with Gasteiger partial charge in [-0.25, -0.2) is 14.6 Å². The van der Waals surface area contributed by atoms with Gasteiger partial charge in [0, 0.05) is 36.5 Å². The minimum Gasteiger partial charge on any atom is -0.480 e. The Kier molecular flexibility index (Phi) is 6.49. The Labute approximate surface area is 202 Å². The number of rotatable bonds is 7. The fourth-order valence-corrected chi connectivity index (χ4v) is 5.81. The zero-order valence-electron chi connectivity index (χ0n) is 18.8. The molecule has 34 heavy (non-hydrogen) atoms. The van der Waals surface area contributed by atoms with Crippen LogP contribution >= 0.6 is 11.3 Å². The second kappa shape index (κ2) is 9.85. The van der Waals surface area contributed by atoms with Crippen LogP contribution in [0.4, 0.5) is 9.93 Å². The van der Waals surface area contributed by atoms with Crippen LogP contribution in [0, 0.1) is 0 Å². The molecule has 3 aromatic rings. The number of piperidine rings is 1. The fourth-order valence-electron chi connectivity index (χ4n) is 4.81. The molecule has 1 fully saturated rings. The van der Waals surface area contributed by atoms with E-state index >= 15 is 0 Å². The minimum absolute atomic E-state index is 0.0741. The number of nitrogens with zero attached hydrogens (tertiary/aromatic N) is 2. The normalized spacial score (nSPS) is 15.9. The Morgan fingerprint density at radius 3 is 2.35 bits per heavy atom. The molecule has 1 amide bonds. The highest BCUT2D eigenvalue weighted by Gasteiger charge is 2.30. The van der Waals surface area contributed by atoms with Crippen molar-refractivity contribution in [2.24, 2.45) is 0 Å². The number of anilines is 1. The van der Waals surface area contributed by atoms with Gasteiger partial charge in [0.15, 0.2) is 5.13 Å². The van der Waals surface area contributed by atoms with Crippen molar-refractivity contribution in [1.82, 2.24) is 10.3 Å². The molecule has 1 aromatic heterocycles. The van der Waals surface area contributed by atoms with Gasteiger partial charge in [0.2, 0.25) is 0 Å². The topological polar surface area (TPSA) is 91.8 Å². The number of aromatic nitrogens is 1. The summed E-state index contributed by atoms with van der Waals surface area (Å²) in [5.41, 5.74) is 4.51. The lowest BCUT2D eigenvalue weighted by Gasteiger charge is -2.25. The molecule has 1 atom stereocenters. The summed E-state index contributed by atoms with van der Waals surface area (Å²) in [5, 5.41) is 13.1. The highest BCUT2D eigenvalue weighted by molar-refractivity contribution is 7.15. The number of aliphatic carboxylic acids is 1. The molecule has 2 heterocycles.